The van der Waals surface area contributed by atoms with E-state index >= 15 is 0 Å². The number of hydrogen-bond donors (Lipinski definition) is 1. The zero-order valence-electron chi connectivity index (χ0n) is 18.7. The third kappa shape index (κ3) is 5.35. The first-order chi connectivity index (χ1) is 16.1. The van der Waals surface area contributed by atoms with Gasteiger partial charge in [-0.3, -0.25) is 4.79 Å². The van der Waals surface area contributed by atoms with Crippen molar-refractivity contribution in [1.29, 1.82) is 0 Å². The van der Waals surface area contributed by atoms with Gasteiger partial charge in [-0.15, -0.1) is 25.6 Å². The van der Waals surface area contributed by atoms with Crippen molar-refractivity contribution < 1.29 is 31.1 Å². The molecule has 190 valence electrons. The molecule has 1 saturated heterocycles. The zero-order valence-corrected chi connectivity index (χ0v) is 20.3. The molecule has 0 spiro atoms. The monoisotopic (exact) mass is 531 g/mol. The minimum absolute atomic E-state index is 0. The van der Waals surface area contributed by atoms with Gasteiger partial charge in [-0.2, -0.15) is 0 Å². The van der Waals surface area contributed by atoms with Crippen LogP contribution in [0.2, 0.25) is 0 Å². The maximum atomic E-state index is 13.4. The smallest absolute Gasteiger partial charge is 0.406 e. The predicted octanol–water partition coefficient (Wildman–Crippen LogP) is 4.77. The summed E-state index contributed by atoms with van der Waals surface area (Å²) in [5, 5.41) is 3.14. The Morgan fingerprint density at radius 2 is 1.69 bits per heavy atom. The fraction of sp³-hybridized carbons (Fsp3) is 0.478. The average molecular weight is 532 g/mol. The molecule has 1 aromatic carbocycles. The number of alkyl halides is 3. The van der Waals surface area contributed by atoms with Gasteiger partial charge in [0, 0.05) is 36.6 Å². The minimum atomic E-state index is -4.79. The Morgan fingerprint density at radius 1 is 1.06 bits per heavy atom. The number of nitrogens with zero attached hydrogens (tertiary/aromatic N) is 2. The summed E-state index contributed by atoms with van der Waals surface area (Å²) >= 11 is 0. The standard InChI is InChI=1S/C23H24F3N3O4S.ClH/c24-23(25,26)33-17-3-1-2-16(12-17)28-21-20-15-6-4-14(5-7-15)19(20)18(13-27-21)22(30)29-8-10-34(31,32)11-9-29;/h1-3,12-15H,4-11H2,(H,27,28);1H. The number of pyridine rings is 1. The zero-order chi connectivity index (χ0) is 24.1. The van der Waals surface area contributed by atoms with Crippen molar-refractivity contribution in [3.8, 4) is 5.75 Å². The lowest BCUT2D eigenvalue weighted by molar-refractivity contribution is -0.274. The number of amides is 1. The minimum Gasteiger partial charge on any atom is -0.406 e. The van der Waals surface area contributed by atoms with E-state index < -0.39 is 16.2 Å². The fourth-order valence-electron chi connectivity index (χ4n) is 5.33. The number of carbonyl (C=O) groups is 1. The highest BCUT2D eigenvalue weighted by Gasteiger charge is 2.39. The van der Waals surface area contributed by atoms with Crippen LogP contribution in [-0.2, 0) is 9.84 Å². The van der Waals surface area contributed by atoms with E-state index in [1.165, 1.54) is 24.4 Å². The predicted molar refractivity (Wildman–Crippen MR) is 126 cm³/mol. The molecule has 0 atom stereocenters. The highest BCUT2D eigenvalue weighted by atomic mass is 35.5. The number of halogens is 4. The molecule has 7 nitrogen and oxygen atoms in total. The van der Waals surface area contributed by atoms with Crippen LogP contribution in [0.25, 0.3) is 0 Å². The van der Waals surface area contributed by atoms with Crippen LogP contribution in [-0.4, -0.2) is 55.2 Å². The van der Waals surface area contributed by atoms with Crippen molar-refractivity contribution in [1.82, 2.24) is 9.88 Å². The lowest BCUT2D eigenvalue weighted by Crippen LogP contribution is -2.44. The first-order valence-corrected chi connectivity index (χ1v) is 13.1. The number of ether oxygens (including phenoxy) is 1. The maximum Gasteiger partial charge on any atom is 0.573 e. The number of hydrogen-bond acceptors (Lipinski definition) is 6. The molecule has 6 rings (SSSR count). The summed E-state index contributed by atoms with van der Waals surface area (Å²) in [7, 11) is -3.11. The van der Waals surface area contributed by atoms with Gasteiger partial charge in [-0.1, -0.05) is 6.07 Å². The molecule has 1 aliphatic heterocycles. The van der Waals surface area contributed by atoms with Crippen molar-refractivity contribution in [2.75, 3.05) is 29.9 Å². The van der Waals surface area contributed by atoms with Gasteiger partial charge >= 0.3 is 6.36 Å². The summed E-state index contributed by atoms with van der Waals surface area (Å²) in [5.41, 5.74) is 2.79. The lowest BCUT2D eigenvalue weighted by Gasteiger charge is -2.40. The third-order valence-electron chi connectivity index (χ3n) is 6.89. The summed E-state index contributed by atoms with van der Waals surface area (Å²) in [6.07, 6.45) is 0.583. The Hall–Kier alpha value is -2.53. The Bertz CT molecular complexity index is 1220. The van der Waals surface area contributed by atoms with Crippen LogP contribution >= 0.6 is 12.4 Å². The summed E-state index contributed by atoms with van der Waals surface area (Å²) in [6.45, 7) is 0.325. The lowest BCUT2D eigenvalue weighted by atomic mass is 9.66. The third-order valence-corrected chi connectivity index (χ3v) is 8.50. The van der Waals surface area contributed by atoms with Crippen molar-refractivity contribution in [3.05, 3.63) is 47.2 Å². The highest BCUT2D eigenvalue weighted by Crippen LogP contribution is 2.53. The molecule has 12 heteroatoms. The van der Waals surface area contributed by atoms with Gasteiger partial charge in [0.25, 0.3) is 5.91 Å². The van der Waals surface area contributed by atoms with Crippen molar-refractivity contribution >= 4 is 39.7 Å². The normalized spacial score (nSPS) is 22.7. The van der Waals surface area contributed by atoms with Crippen molar-refractivity contribution in [2.24, 2.45) is 0 Å². The number of anilines is 2. The van der Waals surface area contributed by atoms with Crippen LogP contribution in [0.1, 0.15) is 59.0 Å². The van der Waals surface area contributed by atoms with E-state index in [0.29, 0.717) is 17.1 Å². The van der Waals surface area contributed by atoms with E-state index in [4.69, 9.17) is 0 Å². The molecule has 1 aromatic heterocycles. The molecule has 1 saturated carbocycles. The van der Waals surface area contributed by atoms with Crippen molar-refractivity contribution in [3.63, 3.8) is 0 Å². The largest absolute Gasteiger partial charge is 0.573 e. The van der Waals surface area contributed by atoms with Gasteiger partial charge in [-0.25, -0.2) is 13.4 Å². The molecule has 35 heavy (non-hydrogen) atoms. The first-order valence-electron chi connectivity index (χ1n) is 11.2. The number of rotatable bonds is 4. The van der Waals surface area contributed by atoms with Crippen LogP contribution in [0.15, 0.2) is 30.5 Å². The number of carbonyl (C=O) groups excluding carboxylic acids is 1. The van der Waals surface area contributed by atoms with E-state index in [2.05, 4.69) is 15.0 Å². The molecule has 2 bridgehead atoms. The second-order valence-corrected chi connectivity index (χ2v) is 11.3. The molecule has 2 fully saturated rings. The fourth-order valence-corrected chi connectivity index (χ4v) is 6.53. The highest BCUT2D eigenvalue weighted by molar-refractivity contribution is 7.91. The molecule has 2 aromatic rings. The Kier molecular flexibility index (Phi) is 6.93. The van der Waals surface area contributed by atoms with E-state index in [9.17, 15) is 26.4 Å². The Morgan fingerprint density at radius 3 is 2.31 bits per heavy atom. The topological polar surface area (TPSA) is 88.6 Å². The van der Waals surface area contributed by atoms with Crippen LogP contribution in [0.3, 0.4) is 0 Å². The summed E-state index contributed by atoms with van der Waals surface area (Å²) < 4.78 is 65.4. The Labute approximate surface area is 207 Å². The molecule has 3 aliphatic carbocycles. The summed E-state index contributed by atoms with van der Waals surface area (Å²) in [4.78, 5) is 19.4. The van der Waals surface area contributed by atoms with Gasteiger partial charge in [0.05, 0.1) is 17.1 Å². The van der Waals surface area contributed by atoms with E-state index in [1.807, 2.05) is 0 Å². The van der Waals surface area contributed by atoms with Gasteiger partial charge in [0.1, 0.15) is 11.6 Å². The van der Waals surface area contributed by atoms with Crippen LogP contribution in [0, 0.1) is 0 Å². The van der Waals surface area contributed by atoms with E-state index in [-0.39, 0.29) is 60.5 Å². The molecule has 2 heterocycles. The number of sulfone groups is 1. The van der Waals surface area contributed by atoms with E-state index in [1.54, 1.807) is 11.0 Å². The first kappa shape index (κ1) is 25.6. The number of aromatic nitrogens is 1. The maximum absolute atomic E-state index is 13.4. The molecular formula is C23H25ClF3N3O4S. The van der Waals surface area contributed by atoms with Crippen LogP contribution in [0.4, 0.5) is 24.7 Å². The average Bonchev–Trinajstić information content (AvgIpc) is 2.79. The van der Waals surface area contributed by atoms with Gasteiger partial charge in [-0.05, 0) is 55.2 Å². The second-order valence-electron chi connectivity index (χ2n) is 9.04. The molecular weight excluding hydrogens is 507 g/mol. The van der Waals surface area contributed by atoms with Gasteiger partial charge in [0.2, 0.25) is 0 Å². The number of nitrogens with one attached hydrogen (secondary N) is 1. The quantitative estimate of drug-likeness (QED) is 0.611. The molecule has 4 aliphatic rings. The molecule has 0 radical (unpaired) electrons. The second kappa shape index (κ2) is 9.50. The Balaban J connectivity index is 0.00000289. The summed E-state index contributed by atoms with van der Waals surface area (Å²) in [6, 6.07) is 5.58. The molecule has 0 unspecified atom stereocenters. The number of benzene rings is 1. The van der Waals surface area contributed by atoms with Crippen LogP contribution in [0.5, 0.6) is 5.75 Å². The van der Waals surface area contributed by atoms with Gasteiger partial charge in [0.15, 0.2) is 9.84 Å². The van der Waals surface area contributed by atoms with Crippen LogP contribution < -0.4 is 10.1 Å². The van der Waals surface area contributed by atoms with Crippen molar-refractivity contribution in [2.45, 2.75) is 43.9 Å². The SMILES string of the molecule is Cl.O=C(c1cnc(Nc2cccc(OC(F)(F)F)c2)c2c1C1CCC2CC1)N1CCS(=O)(=O)CC1. The summed E-state index contributed by atoms with van der Waals surface area (Å²) in [5.74, 6) is 0.312. The van der Waals surface area contributed by atoms with Gasteiger partial charge < -0.3 is 15.0 Å². The van der Waals surface area contributed by atoms with E-state index in [0.717, 1.165) is 36.8 Å². The molecule has 1 amide bonds. The molecule has 1 N–H and O–H groups in total. The number of fused-ring (bicyclic) bond motifs is 2.